The van der Waals surface area contributed by atoms with Crippen LogP contribution in [-0.4, -0.2) is 68.1 Å². The van der Waals surface area contributed by atoms with E-state index < -0.39 is 22.0 Å². The van der Waals surface area contributed by atoms with Gasteiger partial charge in [-0.25, -0.2) is 4.39 Å². The van der Waals surface area contributed by atoms with E-state index in [-0.39, 0.29) is 37.5 Å². The highest BCUT2D eigenvalue weighted by molar-refractivity contribution is 7.86. The summed E-state index contributed by atoms with van der Waals surface area (Å²) in [6.45, 7) is 2.18. The number of amidine groups is 1. The molecule has 2 fully saturated rings. The molecule has 30 heavy (non-hydrogen) atoms. The van der Waals surface area contributed by atoms with Gasteiger partial charge in [0.05, 0.1) is 5.69 Å². The molecule has 2 aliphatic heterocycles. The molecule has 3 rings (SSSR count). The number of piperazine rings is 1. The first kappa shape index (κ1) is 22.4. The number of nitrogens with two attached hydrogens (primary N) is 1. The molecule has 2 aliphatic rings. The minimum Gasteiger partial charge on any atom is -0.460 e. The van der Waals surface area contributed by atoms with E-state index in [9.17, 15) is 17.6 Å². The highest BCUT2D eigenvalue weighted by Gasteiger charge is 2.33. The van der Waals surface area contributed by atoms with Crippen molar-refractivity contribution in [3.8, 4) is 0 Å². The molecule has 2 saturated heterocycles. The van der Waals surface area contributed by atoms with Crippen molar-refractivity contribution in [2.75, 3.05) is 44.2 Å². The number of rotatable bonds is 7. The molecule has 3 N–H and O–H groups in total. The third kappa shape index (κ3) is 5.27. The highest BCUT2D eigenvalue weighted by atomic mass is 32.2. The lowest BCUT2D eigenvalue weighted by atomic mass is 10.1. The predicted molar refractivity (Wildman–Crippen MR) is 111 cm³/mol. The van der Waals surface area contributed by atoms with Gasteiger partial charge in [-0.2, -0.15) is 17.0 Å². The van der Waals surface area contributed by atoms with E-state index >= 15 is 0 Å². The smallest absolute Gasteiger partial charge is 0.313 e. The molecular weight excluding hydrogens is 413 g/mol. The van der Waals surface area contributed by atoms with Gasteiger partial charge in [-0.05, 0) is 18.9 Å². The third-order valence-electron chi connectivity index (χ3n) is 5.33. The van der Waals surface area contributed by atoms with Crippen molar-refractivity contribution in [1.29, 1.82) is 5.41 Å². The largest absolute Gasteiger partial charge is 0.460 e. The Morgan fingerprint density at radius 1 is 1.07 bits per heavy atom. The van der Waals surface area contributed by atoms with Crippen molar-refractivity contribution in [1.82, 2.24) is 8.61 Å². The van der Waals surface area contributed by atoms with Crippen molar-refractivity contribution in [3.05, 3.63) is 29.6 Å². The number of carbonyl (C=O) groups excluding carboxylic acids is 1. The maximum atomic E-state index is 15.0. The van der Waals surface area contributed by atoms with Crippen LogP contribution < -0.4 is 10.6 Å². The van der Waals surface area contributed by atoms with Gasteiger partial charge < -0.3 is 15.4 Å². The van der Waals surface area contributed by atoms with Crippen molar-refractivity contribution in [2.24, 2.45) is 5.73 Å². The number of ether oxygens (including phenoxy) is 1. The van der Waals surface area contributed by atoms with Crippen LogP contribution in [0.4, 0.5) is 10.1 Å². The van der Waals surface area contributed by atoms with Gasteiger partial charge in [0.1, 0.15) is 18.9 Å². The summed E-state index contributed by atoms with van der Waals surface area (Å²) in [6, 6.07) is 4.82. The Kier molecular flexibility index (Phi) is 7.27. The molecule has 0 bridgehead atoms. The summed E-state index contributed by atoms with van der Waals surface area (Å²) in [6.07, 6.45) is 2.48. The van der Waals surface area contributed by atoms with Crippen LogP contribution >= 0.6 is 0 Å². The maximum Gasteiger partial charge on any atom is 0.313 e. The number of hydrogen-bond acceptors (Lipinski definition) is 6. The molecule has 1 aromatic carbocycles. The molecule has 0 amide bonds. The van der Waals surface area contributed by atoms with Crippen LogP contribution in [0.15, 0.2) is 18.2 Å². The Balaban J connectivity index is 1.61. The Bertz CT molecular complexity index is 881. The average Bonchev–Trinajstić information content (AvgIpc) is 2.73. The lowest BCUT2D eigenvalue weighted by Crippen LogP contribution is -2.54. The Morgan fingerprint density at radius 3 is 2.33 bits per heavy atom. The van der Waals surface area contributed by atoms with Crippen molar-refractivity contribution >= 4 is 27.7 Å². The summed E-state index contributed by atoms with van der Waals surface area (Å²) >= 11 is 0. The van der Waals surface area contributed by atoms with Crippen LogP contribution in [0.5, 0.6) is 0 Å². The van der Waals surface area contributed by atoms with Crippen LogP contribution in [0, 0.1) is 11.2 Å². The minimum absolute atomic E-state index is 0.216. The summed E-state index contributed by atoms with van der Waals surface area (Å²) in [4.78, 5) is 13.3. The fraction of sp³-hybridized carbons (Fsp3) is 0.579. The molecule has 0 saturated carbocycles. The first-order valence-corrected chi connectivity index (χ1v) is 11.4. The zero-order valence-electron chi connectivity index (χ0n) is 16.8. The summed E-state index contributed by atoms with van der Waals surface area (Å²) in [5.41, 5.74) is 5.72. The topological polar surface area (TPSA) is 120 Å². The Labute approximate surface area is 176 Å². The fourth-order valence-electron chi connectivity index (χ4n) is 3.71. The molecule has 11 heteroatoms. The van der Waals surface area contributed by atoms with Gasteiger partial charge in [0, 0.05) is 44.8 Å². The molecule has 0 radical (unpaired) electrons. The van der Waals surface area contributed by atoms with Gasteiger partial charge >= 0.3 is 5.97 Å². The van der Waals surface area contributed by atoms with Crippen LogP contribution in [0.3, 0.4) is 0 Å². The molecule has 2 heterocycles. The molecule has 0 aromatic heterocycles. The molecular formula is C19H28FN5O4S. The number of anilines is 1. The second-order valence-electron chi connectivity index (χ2n) is 7.47. The van der Waals surface area contributed by atoms with Gasteiger partial charge in [-0.1, -0.05) is 18.6 Å². The zero-order valence-corrected chi connectivity index (χ0v) is 17.7. The van der Waals surface area contributed by atoms with Gasteiger partial charge in [-0.15, -0.1) is 0 Å². The minimum atomic E-state index is -3.48. The lowest BCUT2D eigenvalue weighted by Gasteiger charge is -2.38. The van der Waals surface area contributed by atoms with Crippen molar-refractivity contribution < 1.29 is 22.3 Å². The SMILES string of the molecule is N=C(N)CC(=O)OCc1cccc(N2CCN(S(=O)(=O)N3CCCCC3)CC2)c1F. The van der Waals surface area contributed by atoms with Gasteiger partial charge in [0.25, 0.3) is 10.2 Å². The number of esters is 1. The monoisotopic (exact) mass is 441 g/mol. The second kappa shape index (κ2) is 9.71. The second-order valence-corrected chi connectivity index (χ2v) is 9.39. The van der Waals surface area contributed by atoms with E-state index in [2.05, 4.69) is 0 Å². The van der Waals surface area contributed by atoms with Crippen LogP contribution in [-0.2, 0) is 26.3 Å². The van der Waals surface area contributed by atoms with E-state index in [4.69, 9.17) is 15.9 Å². The molecule has 9 nitrogen and oxygen atoms in total. The normalized spacial score (nSPS) is 18.9. The average molecular weight is 442 g/mol. The van der Waals surface area contributed by atoms with Gasteiger partial charge in [0.15, 0.2) is 5.82 Å². The summed E-state index contributed by atoms with van der Waals surface area (Å²) in [5.74, 6) is -1.50. The first-order chi connectivity index (χ1) is 14.3. The number of halogens is 1. The van der Waals surface area contributed by atoms with Gasteiger partial charge in [-0.3, -0.25) is 10.2 Å². The summed E-state index contributed by atoms with van der Waals surface area (Å²) in [7, 11) is -3.48. The summed E-state index contributed by atoms with van der Waals surface area (Å²) in [5, 5.41) is 7.09. The fourth-order valence-corrected chi connectivity index (χ4v) is 5.38. The van der Waals surface area contributed by atoms with Crippen LogP contribution in [0.25, 0.3) is 0 Å². The number of carbonyl (C=O) groups is 1. The van der Waals surface area contributed by atoms with E-state index in [0.29, 0.717) is 31.9 Å². The predicted octanol–water partition coefficient (Wildman–Crippen LogP) is 1.05. The van der Waals surface area contributed by atoms with Gasteiger partial charge in [0.2, 0.25) is 0 Å². The van der Waals surface area contributed by atoms with Crippen LogP contribution in [0.1, 0.15) is 31.2 Å². The lowest BCUT2D eigenvalue weighted by molar-refractivity contribution is -0.143. The number of hydrogen-bond donors (Lipinski definition) is 2. The quantitative estimate of drug-likeness (QED) is 0.371. The maximum absolute atomic E-state index is 15.0. The third-order valence-corrected chi connectivity index (χ3v) is 7.36. The standard InChI is InChI=1S/C19H28FN5O4S/c20-19-15(14-29-18(26)13-17(21)22)5-4-6-16(19)23-9-11-25(12-10-23)30(27,28)24-7-2-1-3-8-24/h4-6H,1-3,7-14H2,(H3,21,22). The number of piperidine rings is 1. The molecule has 0 unspecified atom stereocenters. The molecule has 1 aromatic rings. The number of nitrogens with zero attached hydrogens (tertiary/aromatic N) is 3. The Hall–Kier alpha value is -2.24. The van der Waals surface area contributed by atoms with Crippen molar-refractivity contribution in [3.63, 3.8) is 0 Å². The Morgan fingerprint density at radius 2 is 1.70 bits per heavy atom. The van der Waals surface area contributed by atoms with E-state index in [1.54, 1.807) is 21.3 Å². The molecule has 166 valence electrons. The summed E-state index contributed by atoms with van der Waals surface area (Å²) < 4.78 is 48.6. The van der Waals surface area contributed by atoms with Crippen LogP contribution in [0.2, 0.25) is 0 Å². The molecule has 0 spiro atoms. The highest BCUT2D eigenvalue weighted by Crippen LogP contribution is 2.26. The van der Waals surface area contributed by atoms with E-state index in [0.717, 1.165) is 19.3 Å². The van der Waals surface area contributed by atoms with Crippen molar-refractivity contribution in [2.45, 2.75) is 32.3 Å². The van der Waals surface area contributed by atoms with E-state index in [1.807, 2.05) is 0 Å². The number of benzene rings is 1. The zero-order chi connectivity index (χ0) is 21.7. The first-order valence-electron chi connectivity index (χ1n) is 10.0. The molecule has 0 aliphatic carbocycles. The van der Waals surface area contributed by atoms with E-state index in [1.165, 1.54) is 10.4 Å². The molecule has 0 atom stereocenters. The number of nitrogens with one attached hydrogen (secondary N) is 1.